The minimum Gasteiger partial charge on any atom is -0.346 e. The normalized spacial score (nSPS) is 52.0. The number of hydrogen-bond donors (Lipinski definition) is 0. The third kappa shape index (κ3) is 6.29. The van der Waals surface area contributed by atoms with Crippen molar-refractivity contribution in [3.63, 3.8) is 0 Å². The first-order valence-electron chi connectivity index (χ1n) is 19.8. The molecule has 0 radical (unpaired) electrons. The van der Waals surface area contributed by atoms with E-state index in [0.29, 0.717) is 24.7 Å². The van der Waals surface area contributed by atoms with Crippen molar-refractivity contribution in [2.75, 3.05) is 23.0 Å². The average molecular weight is 761 g/mol. The molecular formula is C37H60O12S2. The van der Waals surface area contributed by atoms with Gasteiger partial charge in [0, 0.05) is 24.7 Å². The van der Waals surface area contributed by atoms with Gasteiger partial charge < -0.3 is 18.9 Å². The Bertz CT molecular complexity index is 1430. The SMILES string of the molecule is C[C@H]1[C@@H](CCS(=O)(=O)CCCS(=O)(=O)CC[C@H]2O[C@@H]3OC4(C)CC[C@H]5[C@H](C)CC[C@@H]([C@H]2C)[C@@]35OO4)O[C@@H]2OC3(C)CC[C@H]4[C@H](C)CC[C@@H]1[C@@]24OO3. The first kappa shape index (κ1) is 37.5. The molecule has 8 aliphatic heterocycles. The lowest BCUT2D eigenvalue weighted by atomic mass is 9.57. The molecule has 12 nitrogen and oxygen atoms in total. The molecule has 14 heteroatoms. The van der Waals surface area contributed by atoms with Gasteiger partial charge in [-0.1, -0.05) is 27.7 Å². The van der Waals surface area contributed by atoms with Crippen molar-refractivity contribution in [1.82, 2.24) is 0 Å². The van der Waals surface area contributed by atoms with E-state index in [1.165, 1.54) is 0 Å². The summed E-state index contributed by atoms with van der Waals surface area (Å²) < 4.78 is 79.1. The van der Waals surface area contributed by atoms with Crippen LogP contribution in [-0.2, 0) is 58.2 Å². The first-order chi connectivity index (χ1) is 24.0. The van der Waals surface area contributed by atoms with E-state index in [9.17, 15) is 16.8 Å². The molecule has 2 spiro atoms. The molecule has 10 fully saturated rings. The van der Waals surface area contributed by atoms with Crippen LogP contribution < -0.4 is 0 Å². The van der Waals surface area contributed by atoms with Gasteiger partial charge in [0.2, 0.25) is 11.6 Å². The lowest BCUT2D eigenvalue weighted by Crippen LogP contribution is -2.70. The highest BCUT2D eigenvalue weighted by Gasteiger charge is 2.70. The van der Waals surface area contributed by atoms with Crippen molar-refractivity contribution < 1.29 is 55.3 Å². The van der Waals surface area contributed by atoms with E-state index >= 15 is 0 Å². The Kier molecular flexibility index (Phi) is 9.62. The molecule has 0 aromatic rings. The zero-order chi connectivity index (χ0) is 36.2. The van der Waals surface area contributed by atoms with Gasteiger partial charge >= 0.3 is 0 Å². The van der Waals surface area contributed by atoms with Crippen molar-refractivity contribution in [3.8, 4) is 0 Å². The highest BCUT2D eigenvalue weighted by molar-refractivity contribution is 7.92. The molecule has 2 aliphatic carbocycles. The Morgan fingerprint density at radius 1 is 0.529 bits per heavy atom. The summed E-state index contributed by atoms with van der Waals surface area (Å²) in [6.07, 6.45) is 6.27. The van der Waals surface area contributed by atoms with E-state index in [0.717, 1.165) is 51.4 Å². The standard InChI is InChI=1S/C37H60O12S2/c1-22-8-10-28-24(3)30(42-32-36(28)26(22)12-16-34(5,44-32)46-48-36)14-20-50(38,39)18-7-19-51(40,41)21-15-31-25(4)29-11-9-23(2)27-13-17-35(6)45-33(43-31)37(27,29)49-47-35/h22-33H,7-21H2,1-6H3/t22-,23-,24-,25-,26+,27+,28+,29+,30-,31-,32-,33-,34?,35?,36-,37-/m1/s1. The summed E-state index contributed by atoms with van der Waals surface area (Å²) in [4.78, 5) is 24.2. The van der Waals surface area contributed by atoms with Gasteiger partial charge in [-0.25, -0.2) is 36.4 Å². The van der Waals surface area contributed by atoms with Crippen LogP contribution in [0.3, 0.4) is 0 Å². The largest absolute Gasteiger partial charge is 0.346 e. The highest BCUT2D eigenvalue weighted by atomic mass is 32.2. The molecule has 16 atom stereocenters. The Labute approximate surface area is 304 Å². The maximum Gasteiger partial charge on any atom is 0.201 e. The number of fused-ring (bicyclic) bond motifs is 4. The topological polar surface area (TPSA) is 142 Å². The van der Waals surface area contributed by atoms with Gasteiger partial charge in [0.05, 0.1) is 35.2 Å². The van der Waals surface area contributed by atoms with Gasteiger partial charge in [-0.3, -0.25) is 0 Å². The van der Waals surface area contributed by atoms with Gasteiger partial charge in [-0.15, -0.1) is 0 Å². The van der Waals surface area contributed by atoms with Crippen molar-refractivity contribution in [3.05, 3.63) is 0 Å². The minimum atomic E-state index is -3.51. The van der Waals surface area contributed by atoms with Crippen LogP contribution >= 0.6 is 0 Å². The molecule has 4 bridgehead atoms. The molecule has 10 aliphatic rings. The number of sulfone groups is 2. The second-order valence-corrected chi connectivity index (χ2v) is 22.7. The second-order valence-electron chi connectivity index (χ2n) is 18.1. The highest BCUT2D eigenvalue weighted by Crippen LogP contribution is 2.62. The van der Waals surface area contributed by atoms with Gasteiger partial charge in [-0.2, -0.15) is 0 Å². The fraction of sp³-hybridized carbons (Fsp3) is 1.00. The molecule has 0 aromatic heterocycles. The van der Waals surface area contributed by atoms with E-state index in [1.54, 1.807) is 0 Å². The van der Waals surface area contributed by atoms with Crippen molar-refractivity contribution in [2.24, 2.45) is 47.3 Å². The second kappa shape index (κ2) is 13.1. The smallest absolute Gasteiger partial charge is 0.201 e. The maximum absolute atomic E-state index is 13.3. The van der Waals surface area contributed by atoms with E-state index in [2.05, 4.69) is 27.7 Å². The Hall–Kier alpha value is -0.420. The van der Waals surface area contributed by atoms with E-state index in [1.807, 2.05) is 13.8 Å². The van der Waals surface area contributed by atoms with Crippen LogP contribution in [-0.4, -0.2) is 87.4 Å². The Morgan fingerprint density at radius 3 is 1.35 bits per heavy atom. The van der Waals surface area contributed by atoms with E-state index in [4.69, 9.17) is 38.5 Å². The maximum atomic E-state index is 13.3. The molecule has 2 unspecified atom stereocenters. The summed E-state index contributed by atoms with van der Waals surface area (Å²) in [6, 6.07) is 0. The molecule has 292 valence electrons. The summed E-state index contributed by atoms with van der Waals surface area (Å²) in [7, 11) is -7.02. The summed E-state index contributed by atoms with van der Waals surface area (Å²) in [5, 5.41) is 0. The lowest BCUT2D eigenvalue weighted by molar-refractivity contribution is -0.571. The summed E-state index contributed by atoms with van der Waals surface area (Å²) in [6.45, 7) is 12.6. The van der Waals surface area contributed by atoms with Crippen molar-refractivity contribution in [2.45, 2.75) is 160 Å². The van der Waals surface area contributed by atoms with Crippen LogP contribution in [0.1, 0.15) is 112 Å². The Morgan fingerprint density at radius 2 is 0.941 bits per heavy atom. The fourth-order valence-corrected chi connectivity index (χ4v) is 14.9. The van der Waals surface area contributed by atoms with Gasteiger partial charge in [0.25, 0.3) is 0 Å². The number of rotatable bonds is 10. The molecule has 2 saturated carbocycles. The zero-order valence-corrected chi connectivity index (χ0v) is 32.9. The molecule has 0 amide bonds. The first-order valence-corrected chi connectivity index (χ1v) is 23.5. The molecule has 0 N–H and O–H groups in total. The number of ether oxygens (including phenoxy) is 4. The van der Waals surface area contributed by atoms with Gasteiger partial charge in [0.1, 0.15) is 19.7 Å². The summed E-state index contributed by atoms with van der Waals surface area (Å²) in [5.41, 5.74) is -1.36. The molecule has 0 aromatic carbocycles. The minimum absolute atomic E-state index is 0.0594. The van der Waals surface area contributed by atoms with Gasteiger partial charge in [0.15, 0.2) is 23.8 Å². The quantitative estimate of drug-likeness (QED) is 0.260. The third-order valence-corrected chi connectivity index (χ3v) is 18.5. The monoisotopic (exact) mass is 760 g/mol. The van der Waals surface area contributed by atoms with Crippen LogP contribution in [0.5, 0.6) is 0 Å². The average Bonchev–Trinajstić information content (AvgIpc) is 3.44. The molecule has 8 heterocycles. The van der Waals surface area contributed by atoms with Crippen molar-refractivity contribution >= 4 is 19.7 Å². The zero-order valence-electron chi connectivity index (χ0n) is 31.3. The van der Waals surface area contributed by atoms with Gasteiger partial charge in [-0.05, 0) is 107 Å². The summed E-state index contributed by atoms with van der Waals surface area (Å²) in [5.74, 6) is -0.460. The van der Waals surface area contributed by atoms with Crippen LogP contribution in [0.2, 0.25) is 0 Å². The predicted octanol–water partition coefficient (Wildman–Crippen LogP) is 5.49. The molecular weight excluding hydrogens is 701 g/mol. The van der Waals surface area contributed by atoms with Crippen LogP contribution in [0, 0.1) is 47.3 Å². The third-order valence-electron chi connectivity index (χ3n) is 14.9. The Balaban J connectivity index is 0.848. The van der Waals surface area contributed by atoms with E-state index < -0.39 is 55.0 Å². The van der Waals surface area contributed by atoms with E-state index in [-0.39, 0.29) is 77.1 Å². The van der Waals surface area contributed by atoms with Crippen LogP contribution in [0.25, 0.3) is 0 Å². The van der Waals surface area contributed by atoms with Crippen LogP contribution in [0.4, 0.5) is 0 Å². The van der Waals surface area contributed by atoms with Crippen molar-refractivity contribution in [1.29, 1.82) is 0 Å². The predicted molar refractivity (Wildman–Crippen MR) is 185 cm³/mol. The number of hydrogen-bond acceptors (Lipinski definition) is 12. The molecule has 8 saturated heterocycles. The lowest BCUT2D eigenvalue weighted by Gasteiger charge is -2.60. The fourth-order valence-electron chi connectivity index (χ4n) is 11.9. The van der Waals surface area contributed by atoms with Crippen LogP contribution in [0.15, 0.2) is 0 Å². The molecule has 51 heavy (non-hydrogen) atoms. The molecule has 10 rings (SSSR count). The summed E-state index contributed by atoms with van der Waals surface area (Å²) >= 11 is 0.